The van der Waals surface area contributed by atoms with Crippen LogP contribution in [0.5, 0.6) is 0 Å². The van der Waals surface area contributed by atoms with E-state index in [1.165, 1.54) is 31.3 Å². The molecule has 2 N–H and O–H groups in total. The summed E-state index contributed by atoms with van der Waals surface area (Å²) in [6, 6.07) is 0. The molecule has 1 nitrogen and oxygen atoms in total. The van der Waals surface area contributed by atoms with Gasteiger partial charge in [0.15, 0.2) is 0 Å². The molecule has 64 valence electrons. The molecule has 2 atom stereocenters. The molecule has 0 aromatic carbocycles. The molecular weight excluding hydrogens is 134 g/mol. The lowest BCUT2D eigenvalue weighted by atomic mass is 9.78. The van der Waals surface area contributed by atoms with E-state index in [0.717, 1.165) is 18.4 Å². The smallest absolute Gasteiger partial charge is 0.00745 e. The Morgan fingerprint density at radius 1 is 1.55 bits per heavy atom. The Hall–Kier alpha value is -0.300. The summed E-state index contributed by atoms with van der Waals surface area (Å²) in [6.45, 7) is 7.21. The van der Waals surface area contributed by atoms with Crippen LogP contribution in [0.25, 0.3) is 0 Å². The minimum absolute atomic E-state index is 0.830. The third-order valence-corrected chi connectivity index (χ3v) is 2.53. The SMILES string of the molecule is C=C1CC(C)CC(CCN)C1. The fraction of sp³-hybridized carbons (Fsp3) is 0.800. The monoisotopic (exact) mass is 153 g/mol. The maximum atomic E-state index is 5.52. The zero-order chi connectivity index (χ0) is 8.27. The van der Waals surface area contributed by atoms with Crippen molar-refractivity contribution in [1.29, 1.82) is 0 Å². The van der Waals surface area contributed by atoms with Crippen molar-refractivity contribution in [3.63, 3.8) is 0 Å². The van der Waals surface area contributed by atoms with Crippen LogP contribution in [0.2, 0.25) is 0 Å². The van der Waals surface area contributed by atoms with Gasteiger partial charge in [-0.2, -0.15) is 0 Å². The zero-order valence-electron chi connectivity index (χ0n) is 7.47. The van der Waals surface area contributed by atoms with E-state index in [-0.39, 0.29) is 0 Å². The van der Waals surface area contributed by atoms with Crippen LogP contribution in [0.4, 0.5) is 0 Å². The summed E-state index contributed by atoms with van der Waals surface area (Å²) >= 11 is 0. The Labute approximate surface area is 69.7 Å². The summed E-state index contributed by atoms with van der Waals surface area (Å²) in [5.41, 5.74) is 6.95. The number of nitrogens with two attached hydrogens (primary N) is 1. The number of hydrogen-bond acceptors (Lipinski definition) is 1. The average molecular weight is 153 g/mol. The zero-order valence-corrected chi connectivity index (χ0v) is 7.47. The van der Waals surface area contributed by atoms with Crippen molar-refractivity contribution >= 4 is 0 Å². The van der Waals surface area contributed by atoms with E-state index < -0.39 is 0 Å². The first-order chi connectivity index (χ1) is 5.22. The van der Waals surface area contributed by atoms with Crippen LogP contribution in [0.1, 0.15) is 32.6 Å². The second-order valence-electron chi connectivity index (χ2n) is 3.94. The van der Waals surface area contributed by atoms with Gasteiger partial charge in [-0.15, -0.1) is 0 Å². The quantitative estimate of drug-likeness (QED) is 0.605. The summed E-state index contributed by atoms with van der Waals surface area (Å²) in [5.74, 6) is 1.67. The van der Waals surface area contributed by atoms with Gasteiger partial charge in [0.05, 0.1) is 0 Å². The lowest BCUT2D eigenvalue weighted by molar-refractivity contribution is 0.324. The number of rotatable bonds is 2. The van der Waals surface area contributed by atoms with Gasteiger partial charge in [-0.05, 0) is 44.1 Å². The first kappa shape index (κ1) is 8.79. The topological polar surface area (TPSA) is 26.0 Å². The molecule has 0 heterocycles. The third kappa shape index (κ3) is 2.66. The Morgan fingerprint density at radius 2 is 2.27 bits per heavy atom. The van der Waals surface area contributed by atoms with E-state index in [1.54, 1.807) is 0 Å². The van der Waals surface area contributed by atoms with Crippen LogP contribution in [-0.2, 0) is 0 Å². The predicted octanol–water partition coefficient (Wildman–Crippen LogP) is 2.33. The van der Waals surface area contributed by atoms with Crippen LogP contribution in [-0.4, -0.2) is 6.54 Å². The molecule has 11 heavy (non-hydrogen) atoms. The molecule has 1 aliphatic carbocycles. The van der Waals surface area contributed by atoms with E-state index in [9.17, 15) is 0 Å². The second kappa shape index (κ2) is 3.91. The fourth-order valence-electron chi connectivity index (χ4n) is 2.18. The van der Waals surface area contributed by atoms with Crippen LogP contribution < -0.4 is 5.73 Å². The van der Waals surface area contributed by atoms with Crippen LogP contribution in [0.3, 0.4) is 0 Å². The van der Waals surface area contributed by atoms with Gasteiger partial charge >= 0.3 is 0 Å². The second-order valence-corrected chi connectivity index (χ2v) is 3.94. The molecule has 0 bridgehead atoms. The Morgan fingerprint density at radius 3 is 2.82 bits per heavy atom. The fourth-order valence-corrected chi connectivity index (χ4v) is 2.18. The van der Waals surface area contributed by atoms with E-state index in [1.807, 2.05) is 0 Å². The highest BCUT2D eigenvalue weighted by atomic mass is 14.5. The normalized spacial score (nSPS) is 32.4. The minimum Gasteiger partial charge on any atom is -0.330 e. The van der Waals surface area contributed by atoms with Crippen molar-refractivity contribution in [2.24, 2.45) is 17.6 Å². The molecule has 0 aromatic rings. The Bertz CT molecular complexity index is 140. The molecule has 1 fully saturated rings. The molecular formula is C10H19N. The molecule has 0 aliphatic heterocycles. The lowest BCUT2D eigenvalue weighted by Crippen LogP contribution is -2.17. The van der Waals surface area contributed by atoms with Crippen molar-refractivity contribution in [2.75, 3.05) is 6.54 Å². The summed E-state index contributed by atoms with van der Waals surface area (Å²) in [7, 11) is 0. The first-order valence-corrected chi connectivity index (χ1v) is 4.59. The number of hydrogen-bond donors (Lipinski definition) is 1. The molecule has 0 saturated heterocycles. The van der Waals surface area contributed by atoms with Gasteiger partial charge in [0.25, 0.3) is 0 Å². The third-order valence-electron chi connectivity index (χ3n) is 2.53. The van der Waals surface area contributed by atoms with Crippen molar-refractivity contribution in [2.45, 2.75) is 32.6 Å². The average Bonchev–Trinajstić information content (AvgIpc) is 1.85. The lowest BCUT2D eigenvalue weighted by Gasteiger charge is -2.28. The summed E-state index contributed by atoms with van der Waals surface area (Å²) < 4.78 is 0. The molecule has 1 saturated carbocycles. The minimum atomic E-state index is 0.830. The summed E-state index contributed by atoms with van der Waals surface area (Å²) in [5, 5.41) is 0. The Kier molecular flexibility index (Phi) is 3.13. The van der Waals surface area contributed by atoms with Crippen molar-refractivity contribution in [3.8, 4) is 0 Å². The molecule has 0 amide bonds. The van der Waals surface area contributed by atoms with E-state index >= 15 is 0 Å². The van der Waals surface area contributed by atoms with E-state index in [4.69, 9.17) is 5.73 Å². The van der Waals surface area contributed by atoms with E-state index in [2.05, 4.69) is 13.5 Å². The maximum absolute atomic E-state index is 5.52. The van der Waals surface area contributed by atoms with Crippen molar-refractivity contribution in [3.05, 3.63) is 12.2 Å². The van der Waals surface area contributed by atoms with Crippen LogP contribution >= 0.6 is 0 Å². The van der Waals surface area contributed by atoms with Crippen LogP contribution in [0.15, 0.2) is 12.2 Å². The van der Waals surface area contributed by atoms with Gasteiger partial charge in [0.1, 0.15) is 0 Å². The molecule has 1 rings (SSSR count). The van der Waals surface area contributed by atoms with Gasteiger partial charge in [0, 0.05) is 0 Å². The molecule has 2 unspecified atom stereocenters. The largest absolute Gasteiger partial charge is 0.330 e. The molecule has 0 spiro atoms. The highest BCUT2D eigenvalue weighted by molar-refractivity contribution is 5.01. The molecule has 0 radical (unpaired) electrons. The van der Waals surface area contributed by atoms with Gasteiger partial charge < -0.3 is 5.73 Å². The van der Waals surface area contributed by atoms with Gasteiger partial charge in [0.2, 0.25) is 0 Å². The van der Waals surface area contributed by atoms with E-state index in [0.29, 0.717) is 0 Å². The Balaban J connectivity index is 2.36. The molecule has 1 heteroatoms. The highest BCUT2D eigenvalue weighted by Crippen LogP contribution is 2.32. The van der Waals surface area contributed by atoms with Gasteiger partial charge in [-0.25, -0.2) is 0 Å². The predicted molar refractivity (Wildman–Crippen MR) is 49.3 cm³/mol. The molecule has 0 aromatic heterocycles. The maximum Gasteiger partial charge on any atom is -0.00745 e. The summed E-state index contributed by atoms with van der Waals surface area (Å²) in [4.78, 5) is 0. The number of allylic oxidation sites excluding steroid dienone is 1. The van der Waals surface area contributed by atoms with Crippen LogP contribution in [0, 0.1) is 11.8 Å². The standard InChI is InChI=1S/C10H19N/c1-8-5-9(2)7-10(6-8)3-4-11/h9-10H,1,3-7,11H2,2H3. The highest BCUT2D eigenvalue weighted by Gasteiger charge is 2.19. The van der Waals surface area contributed by atoms with Crippen molar-refractivity contribution < 1.29 is 0 Å². The summed E-state index contributed by atoms with van der Waals surface area (Å²) in [6.07, 6.45) is 5.00. The van der Waals surface area contributed by atoms with Crippen molar-refractivity contribution in [1.82, 2.24) is 0 Å². The van der Waals surface area contributed by atoms with Gasteiger partial charge in [-0.1, -0.05) is 19.1 Å². The van der Waals surface area contributed by atoms with Gasteiger partial charge in [-0.3, -0.25) is 0 Å². The first-order valence-electron chi connectivity index (χ1n) is 4.59. The molecule has 1 aliphatic rings.